The molecule has 3 N–H and O–H groups in total. The molecule has 0 fully saturated rings. The summed E-state index contributed by atoms with van der Waals surface area (Å²) in [6.07, 6.45) is 0.345. The molecule has 5 nitrogen and oxygen atoms in total. The molecule has 2 aromatic rings. The first-order chi connectivity index (χ1) is 8.56. The van der Waals surface area contributed by atoms with Gasteiger partial charge in [0.25, 0.3) is 0 Å². The summed E-state index contributed by atoms with van der Waals surface area (Å²) < 4.78 is 0. The third kappa shape index (κ3) is 1.84. The Morgan fingerprint density at radius 2 is 1.94 bits per heavy atom. The van der Waals surface area contributed by atoms with Crippen molar-refractivity contribution in [3.63, 3.8) is 0 Å². The fraction of sp³-hybridized carbons (Fsp3) is 0.231. The molecule has 1 heterocycles. The molecule has 0 saturated heterocycles. The summed E-state index contributed by atoms with van der Waals surface area (Å²) in [6.45, 7) is 1.73. The first-order valence-electron chi connectivity index (χ1n) is 5.63. The highest BCUT2D eigenvalue weighted by atomic mass is 16.4. The lowest BCUT2D eigenvalue weighted by Gasteiger charge is -2.10. The topological polar surface area (TPSA) is 90.4 Å². The maximum atomic E-state index is 11.2. The average Bonchev–Trinajstić information content (AvgIpc) is 2.70. The van der Waals surface area contributed by atoms with Gasteiger partial charge in [0.2, 0.25) is 0 Å². The zero-order chi connectivity index (χ0) is 13.3. The Labute approximate surface area is 103 Å². The quantitative estimate of drug-likeness (QED) is 0.773. The van der Waals surface area contributed by atoms with Crippen LogP contribution in [0.1, 0.15) is 35.3 Å². The lowest BCUT2D eigenvalue weighted by Crippen LogP contribution is -2.14. The second-order valence-electron chi connectivity index (χ2n) is 4.06. The smallest absolute Gasteiger partial charge is 0.352 e. The van der Waals surface area contributed by atoms with Crippen LogP contribution in [0.15, 0.2) is 24.3 Å². The average molecular weight is 247 g/mol. The second-order valence-corrected chi connectivity index (χ2v) is 4.06. The predicted octanol–water partition coefficient (Wildman–Crippen LogP) is 2.44. The normalized spacial score (nSPS) is 12.5. The number of carboxylic acid groups (broad SMARTS) is 2. The van der Waals surface area contributed by atoms with E-state index in [9.17, 15) is 14.7 Å². The van der Waals surface area contributed by atoms with E-state index in [1.807, 2.05) is 0 Å². The molecule has 94 valence electrons. The molecule has 0 radical (unpaired) electrons. The van der Waals surface area contributed by atoms with Gasteiger partial charge in [-0.15, -0.1) is 0 Å². The molecule has 18 heavy (non-hydrogen) atoms. The summed E-state index contributed by atoms with van der Waals surface area (Å²) in [7, 11) is 0. The maximum Gasteiger partial charge on any atom is 0.352 e. The highest BCUT2D eigenvalue weighted by molar-refractivity contribution is 6.00. The number of carboxylic acids is 2. The highest BCUT2D eigenvalue weighted by Gasteiger charge is 2.27. The molecule has 0 spiro atoms. The number of hydrogen-bond acceptors (Lipinski definition) is 2. The van der Waals surface area contributed by atoms with Crippen LogP contribution in [0.25, 0.3) is 10.9 Å². The molecular formula is C13H13NO4. The van der Waals surface area contributed by atoms with E-state index in [2.05, 4.69) is 4.98 Å². The zero-order valence-corrected chi connectivity index (χ0v) is 9.80. The zero-order valence-electron chi connectivity index (χ0n) is 9.80. The molecule has 0 bridgehead atoms. The van der Waals surface area contributed by atoms with Crippen molar-refractivity contribution in [2.24, 2.45) is 0 Å². The van der Waals surface area contributed by atoms with Crippen molar-refractivity contribution in [3.8, 4) is 0 Å². The van der Waals surface area contributed by atoms with E-state index in [4.69, 9.17) is 5.11 Å². The van der Waals surface area contributed by atoms with E-state index >= 15 is 0 Å². The fourth-order valence-corrected chi connectivity index (χ4v) is 2.20. The Morgan fingerprint density at radius 1 is 1.28 bits per heavy atom. The SMILES string of the molecule is CCC(C(=O)O)c1c(C(=O)O)[nH]c2ccccc12. The molecule has 0 aliphatic rings. The first-order valence-corrected chi connectivity index (χ1v) is 5.63. The van der Waals surface area contributed by atoms with Crippen LogP contribution >= 0.6 is 0 Å². The number of carbonyl (C=O) groups is 2. The van der Waals surface area contributed by atoms with Crippen LogP contribution in [-0.2, 0) is 4.79 Å². The third-order valence-electron chi connectivity index (χ3n) is 3.01. The minimum atomic E-state index is -1.14. The Kier molecular flexibility index (Phi) is 3.06. The van der Waals surface area contributed by atoms with Crippen LogP contribution in [0.5, 0.6) is 0 Å². The summed E-state index contributed by atoms with van der Waals surface area (Å²) in [5, 5.41) is 19.0. The number of aromatic carboxylic acids is 1. The van der Waals surface area contributed by atoms with Gasteiger partial charge in [0.05, 0.1) is 5.92 Å². The number of fused-ring (bicyclic) bond motifs is 1. The van der Waals surface area contributed by atoms with Crippen molar-refractivity contribution in [2.75, 3.05) is 0 Å². The number of nitrogens with one attached hydrogen (secondary N) is 1. The van der Waals surface area contributed by atoms with Gasteiger partial charge in [-0.2, -0.15) is 0 Å². The molecule has 0 aliphatic heterocycles. The number of hydrogen-bond donors (Lipinski definition) is 3. The van der Waals surface area contributed by atoms with Gasteiger partial charge in [0.15, 0.2) is 0 Å². The lowest BCUT2D eigenvalue weighted by molar-refractivity contribution is -0.138. The largest absolute Gasteiger partial charge is 0.481 e. The third-order valence-corrected chi connectivity index (χ3v) is 3.01. The molecule has 2 rings (SSSR count). The molecule has 1 aromatic heterocycles. The van der Waals surface area contributed by atoms with Crippen molar-refractivity contribution >= 4 is 22.8 Å². The van der Waals surface area contributed by atoms with Crippen LogP contribution in [0.3, 0.4) is 0 Å². The molecule has 0 saturated carbocycles. The fourth-order valence-electron chi connectivity index (χ4n) is 2.20. The van der Waals surface area contributed by atoms with Crippen LogP contribution in [0.4, 0.5) is 0 Å². The number of para-hydroxylation sites is 1. The minimum Gasteiger partial charge on any atom is -0.481 e. The van der Waals surface area contributed by atoms with E-state index in [0.29, 0.717) is 22.9 Å². The highest BCUT2D eigenvalue weighted by Crippen LogP contribution is 2.31. The minimum absolute atomic E-state index is 0.0366. The van der Waals surface area contributed by atoms with E-state index in [-0.39, 0.29) is 5.69 Å². The van der Waals surface area contributed by atoms with Gasteiger partial charge in [-0.05, 0) is 12.5 Å². The molecule has 1 atom stereocenters. The predicted molar refractivity (Wildman–Crippen MR) is 65.9 cm³/mol. The Hall–Kier alpha value is -2.30. The molecule has 0 aliphatic carbocycles. The van der Waals surface area contributed by atoms with Crippen molar-refractivity contribution < 1.29 is 19.8 Å². The summed E-state index contributed by atoms with van der Waals surface area (Å²) in [5.74, 6) is -2.96. The van der Waals surface area contributed by atoms with Crippen molar-refractivity contribution in [1.82, 2.24) is 4.98 Å². The van der Waals surface area contributed by atoms with Gasteiger partial charge in [0, 0.05) is 16.5 Å². The summed E-state index contributed by atoms with van der Waals surface area (Å²) in [4.78, 5) is 25.2. The van der Waals surface area contributed by atoms with Crippen LogP contribution < -0.4 is 0 Å². The monoisotopic (exact) mass is 247 g/mol. The Bertz CT molecular complexity index is 614. The van der Waals surface area contributed by atoms with Gasteiger partial charge in [0.1, 0.15) is 5.69 Å². The second kappa shape index (κ2) is 4.52. The number of aromatic amines is 1. The van der Waals surface area contributed by atoms with Gasteiger partial charge in [-0.3, -0.25) is 4.79 Å². The Morgan fingerprint density at radius 3 is 2.50 bits per heavy atom. The van der Waals surface area contributed by atoms with E-state index < -0.39 is 17.9 Å². The van der Waals surface area contributed by atoms with Crippen molar-refractivity contribution in [1.29, 1.82) is 0 Å². The number of H-pyrrole nitrogens is 1. The van der Waals surface area contributed by atoms with Gasteiger partial charge >= 0.3 is 11.9 Å². The first kappa shape index (κ1) is 12.2. The molecule has 5 heteroatoms. The van der Waals surface area contributed by atoms with Gasteiger partial charge < -0.3 is 15.2 Å². The molecule has 0 amide bonds. The number of benzene rings is 1. The molecule has 1 unspecified atom stereocenters. The number of aliphatic carboxylic acids is 1. The maximum absolute atomic E-state index is 11.2. The van der Waals surface area contributed by atoms with Gasteiger partial charge in [-0.25, -0.2) is 4.79 Å². The number of rotatable bonds is 4. The summed E-state index contributed by atoms with van der Waals surface area (Å²) in [6, 6.07) is 7.01. The van der Waals surface area contributed by atoms with Crippen LogP contribution in [0.2, 0.25) is 0 Å². The summed E-state index contributed by atoms with van der Waals surface area (Å²) in [5.41, 5.74) is 0.961. The summed E-state index contributed by atoms with van der Waals surface area (Å²) >= 11 is 0. The van der Waals surface area contributed by atoms with E-state index in [1.165, 1.54) is 0 Å². The van der Waals surface area contributed by atoms with E-state index in [0.717, 1.165) is 0 Å². The molecular weight excluding hydrogens is 234 g/mol. The van der Waals surface area contributed by atoms with Crippen LogP contribution in [0, 0.1) is 0 Å². The lowest BCUT2D eigenvalue weighted by atomic mass is 9.93. The standard InChI is InChI=1S/C13H13NO4/c1-2-7(12(15)16)10-8-5-3-4-6-9(8)14-11(10)13(17)18/h3-7,14H,2H2,1H3,(H,15,16)(H,17,18). The van der Waals surface area contributed by atoms with E-state index in [1.54, 1.807) is 31.2 Å². The Balaban J connectivity index is 2.76. The van der Waals surface area contributed by atoms with Crippen molar-refractivity contribution in [3.05, 3.63) is 35.5 Å². The number of aromatic nitrogens is 1. The van der Waals surface area contributed by atoms with Crippen molar-refractivity contribution in [2.45, 2.75) is 19.3 Å². The molecule has 1 aromatic carbocycles. The van der Waals surface area contributed by atoms with Crippen LogP contribution in [-0.4, -0.2) is 27.1 Å². The van der Waals surface area contributed by atoms with Gasteiger partial charge in [-0.1, -0.05) is 25.1 Å².